The fourth-order valence-electron chi connectivity index (χ4n) is 5.29. The molecule has 2 unspecified atom stereocenters. The molecule has 2 heterocycles. The molecule has 2 saturated heterocycles. The normalized spacial score (nSPS) is 39.6. The van der Waals surface area contributed by atoms with Crippen molar-refractivity contribution in [2.75, 3.05) is 32.7 Å². The summed E-state index contributed by atoms with van der Waals surface area (Å²) in [5.74, 6) is 0. The molecule has 110 valence electrons. The van der Waals surface area contributed by atoms with Gasteiger partial charge in [0.05, 0.1) is 0 Å². The standard InChI is InChI=1S/C17H32N2/c1-16(2)11-15-12-17(3,13-16)14-19(15)10-9-18-7-5-4-6-8-18/h15H,4-14H2,1-3H3. The first-order valence-electron chi connectivity index (χ1n) is 8.42. The second kappa shape index (κ2) is 5.04. The van der Waals surface area contributed by atoms with Gasteiger partial charge in [-0.25, -0.2) is 0 Å². The van der Waals surface area contributed by atoms with Crippen LogP contribution in [0.15, 0.2) is 0 Å². The lowest BCUT2D eigenvalue weighted by molar-refractivity contribution is 0.123. The molecule has 0 radical (unpaired) electrons. The minimum absolute atomic E-state index is 0.567. The van der Waals surface area contributed by atoms with Gasteiger partial charge in [0.1, 0.15) is 0 Å². The quantitative estimate of drug-likeness (QED) is 0.771. The molecule has 2 nitrogen and oxygen atoms in total. The maximum Gasteiger partial charge on any atom is 0.0113 e. The summed E-state index contributed by atoms with van der Waals surface area (Å²) in [6, 6.07) is 0.874. The number of nitrogens with zero attached hydrogens (tertiary/aromatic N) is 2. The largest absolute Gasteiger partial charge is 0.302 e. The van der Waals surface area contributed by atoms with Crippen molar-refractivity contribution in [3.63, 3.8) is 0 Å². The molecular formula is C17H32N2. The predicted molar refractivity (Wildman–Crippen MR) is 81.4 cm³/mol. The molecular weight excluding hydrogens is 232 g/mol. The van der Waals surface area contributed by atoms with Crippen LogP contribution in [0, 0.1) is 10.8 Å². The molecule has 19 heavy (non-hydrogen) atoms. The molecule has 0 N–H and O–H groups in total. The van der Waals surface area contributed by atoms with Gasteiger partial charge in [-0.2, -0.15) is 0 Å². The molecule has 3 aliphatic rings. The summed E-state index contributed by atoms with van der Waals surface area (Å²) in [5.41, 5.74) is 1.17. The van der Waals surface area contributed by atoms with Crippen LogP contribution in [-0.4, -0.2) is 48.6 Å². The molecule has 2 aliphatic heterocycles. The minimum atomic E-state index is 0.567. The van der Waals surface area contributed by atoms with Crippen molar-refractivity contribution in [1.29, 1.82) is 0 Å². The van der Waals surface area contributed by atoms with Gasteiger partial charge in [0.25, 0.3) is 0 Å². The summed E-state index contributed by atoms with van der Waals surface area (Å²) in [4.78, 5) is 5.52. The Morgan fingerprint density at radius 3 is 2.42 bits per heavy atom. The Kier molecular flexibility index (Phi) is 3.68. The van der Waals surface area contributed by atoms with Crippen molar-refractivity contribution in [2.45, 2.75) is 65.3 Å². The van der Waals surface area contributed by atoms with Crippen molar-refractivity contribution in [2.24, 2.45) is 10.8 Å². The molecule has 0 aromatic rings. The molecule has 0 amide bonds. The average Bonchev–Trinajstić information content (AvgIpc) is 2.57. The maximum absolute atomic E-state index is 2.82. The third-order valence-corrected chi connectivity index (χ3v) is 5.68. The highest BCUT2D eigenvalue weighted by atomic mass is 15.2. The van der Waals surface area contributed by atoms with Gasteiger partial charge in [0.15, 0.2) is 0 Å². The van der Waals surface area contributed by atoms with E-state index < -0.39 is 0 Å². The molecule has 2 bridgehead atoms. The van der Waals surface area contributed by atoms with E-state index in [4.69, 9.17) is 0 Å². The molecule has 3 fully saturated rings. The van der Waals surface area contributed by atoms with Crippen molar-refractivity contribution in [1.82, 2.24) is 9.80 Å². The first kappa shape index (κ1) is 13.9. The van der Waals surface area contributed by atoms with Gasteiger partial charge in [-0.15, -0.1) is 0 Å². The van der Waals surface area contributed by atoms with Crippen LogP contribution in [0.2, 0.25) is 0 Å². The van der Waals surface area contributed by atoms with E-state index in [1.165, 1.54) is 71.2 Å². The summed E-state index contributed by atoms with van der Waals surface area (Å²) in [6.45, 7) is 14.2. The predicted octanol–water partition coefficient (Wildman–Crippen LogP) is 3.37. The summed E-state index contributed by atoms with van der Waals surface area (Å²) >= 11 is 0. The lowest BCUT2D eigenvalue weighted by atomic mass is 9.65. The van der Waals surface area contributed by atoms with Crippen molar-refractivity contribution in [3.8, 4) is 0 Å². The highest BCUT2D eigenvalue weighted by molar-refractivity contribution is 5.02. The first-order valence-corrected chi connectivity index (χ1v) is 8.42. The Hall–Kier alpha value is -0.0800. The third kappa shape index (κ3) is 3.16. The zero-order valence-corrected chi connectivity index (χ0v) is 13.2. The van der Waals surface area contributed by atoms with Gasteiger partial charge in [-0.05, 0) is 56.0 Å². The van der Waals surface area contributed by atoms with Crippen LogP contribution >= 0.6 is 0 Å². The van der Waals surface area contributed by atoms with E-state index in [9.17, 15) is 0 Å². The lowest BCUT2D eigenvalue weighted by Gasteiger charge is -2.40. The molecule has 3 rings (SSSR count). The Labute approximate surface area is 119 Å². The van der Waals surface area contributed by atoms with Gasteiger partial charge in [-0.3, -0.25) is 4.90 Å². The van der Waals surface area contributed by atoms with E-state index in [2.05, 4.69) is 30.6 Å². The number of hydrogen-bond acceptors (Lipinski definition) is 2. The smallest absolute Gasteiger partial charge is 0.0113 e. The number of likely N-dealkylation sites (tertiary alicyclic amines) is 2. The summed E-state index contributed by atoms with van der Waals surface area (Å²) in [7, 11) is 0. The van der Waals surface area contributed by atoms with Gasteiger partial charge in [0.2, 0.25) is 0 Å². The van der Waals surface area contributed by atoms with Crippen LogP contribution < -0.4 is 0 Å². The zero-order valence-electron chi connectivity index (χ0n) is 13.2. The van der Waals surface area contributed by atoms with Crippen LogP contribution in [0.1, 0.15) is 59.3 Å². The third-order valence-electron chi connectivity index (χ3n) is 5.68. The van der Waals surface area contributed by atoms with Crippen LogP contribution in [0.4, 0.5) is 0 Å². The SMILES string of the molecule is CC1(C)CC2CC(C)(CN2CCN2CCCCC2)C1. The Morgan fingerprint density at radius 1 is 0.947 bits per heavy atom. The molecule has 2 atom stereocenters. The summed E-state index contributed by atoms with van der Waals surface area (Å²) in [6.07, 6.45) is 8.60. The molecule has 0 aromatic carbocycles. The number of hydrogen-bond donors (Lipinski definition) is 0. The maximum atomic E-state index is 2.82. The minimum Gasteiger partial charge on any atom is -0.302 e. The van der Waals surface area contributed by atoms with Gasteiger partial charge >= 0.3 is 0 Å². The number of rotatable bonds is 3. The van der Waals surface area contributed by atoms with E-state index in [0.29, 0.717) is 10.8 Å². The van der Waals surface area contributed by atoms with E-state index in [0.717, 1.165) is 6.04 Å². The summed E-state index contributed by atoms with van der Waals surface area (Å²) < 4.78 is 0. The highest BCUT2D eigenvalue weighted by Crippen LogP contribution is 2.52. The van der Waals surface area contributed by atoms with Crippen LogP contribution in [-0.2, 0) is 0 Å². The Bertz CT molecular complexity index is 319. The molecule has 1 aliphatic carbocycles. The van der Waals surface area contributed by atoms with Gasteiger partial charge in [-0.1, -0.05) is 27.2 Å². The van der Waals surface area contributed by atoms with Crippen LogP contribution in [0.5, 0.6) is 0 Å². The monoisotopic (exact) mass is 264 g/mol. The Balaban J connectivity index is 1.55. The van der Waals surface area contributed by atoms with E-state index in [1.54, 1.807) is 0 Å². The fourth-order valence-corrected chi connectivity index (χ4v) is 5.29. The molecule has 0 spiro atoms. The lowest BCUT2D eigenvalue weighted by Crippen LogP contribution is -2.40. The van der Waals surface area contributed by atoms with Crippen LogP contribution in [0.25, 0.3) is 0 Å². The van der Waals surface area contributed by atoms with Crippen molar-refractivity contribution in [3.05, 3.63) is 0 Å². The van der Waals surface area contributed by atoms with E-state index in [1.807, 2.05) is 0 Å². The molecule has 1 saturated carbocycles. The second-order valence-corrected chi connectivity index (χ2v) is 8.59. The van der Waals surface area contributed by atoms with E-state index in [-0.39, 0.29) is 0 Å². The molecule has 2 heteroatoms. The fraction of sp³-hybridized carbons (Fsp3) is 1.00. The first-order chi connectivity index (χ1) is 8.96. The number of piperidine rings is 1. The van der Waals surface area contributed by atoms with Gasteiger partial charge < -0.3 is 4.90 Å². The number of fused-ring (bicyclic) bond motifs is 2. The van der Waals surface area contributed by atoms with Crippen LogP contribution in [0.3, 0.4) is 0 Å². The molecule has 0 aromatic heterocycles. The van der Waals surface area contributed by atoms with Crippen molar-refractivity contribution < 1.29 is 0 Å². The zero-order chi connectivity index (χ0) is 13.5. The topological polar surface area (TPSA) is 6.48 Å². The van der Waals surface area contributed by atoms with E-state index >= 15 is 0 Å². The average molecular weight is 264 g/mol. The summed E-state index contributed by atoms with van der Waals surface area (Å²) in [5, 5.41) is 0. The Morgan fingerprint density at radius 2 is 1.68 bits per heavy atom. The van der Waals surface area contributed by atoms with Crippen molar-refractivity contribution >= 4 is 0 Å². The van der Waals surface area contributed by atoms with Gasteiger partial charge in [0, 0.05) is 25.7 Å². The second-order valence-electron chi connectivity index (χ2n) is 8.59. The highest BCUT2D eigenvalue weighted by Gasteiger charge is 2.49.